The second-order valence-electron chi connectivity index (χ2n) is 9.96. The molecule has 1 fully saturated rings. The molecule has 5 nitrogen and oxygen atoms in total. The quantitative estimate of drug-likeness (QED) is 0.475. The lowest BCUT2D eigenvalue weighted by atomic mass is 9.76. The van der Waals surface area contributed by atoms with Gasteiger partial charge in [0.05, 0.1) is 12.2 Å². The Balaban J connectivity index is 1.45. The molecule has 2 amide bonds. The van der Waals surface area contributed by atoms with Crippen LogP contribution in [0.2, 0.25) is 0 Å². The SMILES string of the molecule is Cc1ccc([C@@H]2CN3C(=O)CN(CCc4ccccc4)C(=O)[C@]3(C)c3[nH]c4ccccc4c32)cc1. The van der Waals surface area contributed by atoms with Gasteiger partial charge in [0.2, 0.25) is 5.91 Å². The van der Waals surface area contributed by atoms with E-state index in [0.717, 1.165) is 39.7 Å². The van der Waals surface area contributed by atoms with Crippen LogP contribution < -0.4 is 0 Å². The van der Waals surface area contributed by atoms with Crippen LogP contribution in [-0.2, 0) is 21.5 Å². The number of aryl methyl sites for hydroxylation is 1. The van der Waals surface area contributed by atoms with Gasteiger partial charge in [-0.15, -0.1) is 0 Å². The first-order valence-electron chi connectivity index (χ1n) is 12.3. The summed E-state index contributed by atoms with van der Waals surface area (Å²) in [7, 11) is 0. The smallest absolute Gasteiger partial charge is 0.254 e. The Kier molecular flexibility index (Phi) is 5.03. The topological polar surface area (TPSA) is 56.4 Å². The summed E-state index contributed by atoms with van der Waals surface area (Å²) < 4.78 is 0. The zero-order chi connectivity index (χ0) is 24.2. The van der Waals surface area contributed by atoms with Gasteiger partial charge in [-0.05, 0) is 43.0 Å². The summed E-state index contributed by atoms with van der Waals surface area (Å²) in [5.74, 6) is -0.00721. The van der Waals surface area contributed by atoms with Gasteiger partial charge in [-0.25, -0.2) is 0 Å². The number of rotatable bonds is 4. The third-order valence-corrected chi connectivity index (χ3v) is 7.81. The largest absolute Gasteiger partial charge is 0.356 e. The monoisotopic (exact) mass is 463 g/mol. The molecule has 1 saturated heterocycles. The molecule has 4 aromatic rings. The van der Waals surface area contributed by atoms with E-state index in [0.29, 0.717) is 13.1 Å². The summed E-state index contributed by atoms with van der Waals surface area (Å²) >= 11 is 0. The number of nitrogens with zero attached hydrogens (tertiary/aromatic N) is 2. The first-order chi connectivity index (χ1) is 17.0. The van der Waals surface area contributed by atoms with E-state index in [1.165, 1.54) is 5.56 Å². The molecule has 5 heteroatoms. The summed E-state index contributed by atoms with van der Waals surface area (Å²) in [6.07, 6.45) is 0.724. The molecule has 3 heterocycles. The molecule has 2 aliphatic heterocycles. The summed E-state index contributed by atoms with van der Waals surface area (Å²) in [6, 6.07) is 26.9. The Morgan fingerprint density at radius 3 is 2.43 bits per heavy atom. The highest BCUT2D eigenvalue weighted by molar-refractivity contribution is 6.01. The lowest BCUT2D eigenvalue weighted by Gasteiger charge is -2.51. The highest BCUT2D eigenvalue weighted by Crippen LogP contribution is 2.48. The highest BCUT2D eigenvalue weighted by atomic mass is 16.2. The van der Waals surface area contributed by atoms with Gasteiger partial charge in [0.15, 0.2) is 5.54 Å². The number of nitrogens with one attached hydrogen (secondary N) is 1. The van der Waals surface area contributed by atoms with Gasteiger partial charge in [0.1, 0.15) is 0 Å². The first kappa shape index (κ1) is 21.7. The molecule has 1 aromatic heterocycles. The van der Waals surface area contributed by atoms with Crippen molar-refractivity contribution in [2.75, 3.05) is 19.6 Å². The Morgan fingerprint density at radius 2 is 1.66 bits per heavy atom. The average Bonchev–Trinajstić information content (AvgIpc) is 3.28. The van der Waals surface area contributed by atoms with Crippen molar-refractivity contribution >= 4 is 22.7 Å². The number of H-pyrrole nitrogens is 1. The average molecular weight is 464 g/mol. The van der Waals surface area contributed by atoms with Gasteiger partial charge < -0.3 is 14.8 Å². The number of piperazine rings is 1. The molecule has 35 heavy (non-hydrogen) atoms. The molecule has 3 aromatic carbocycles. The van der Waals surface area contributed by atoms with E-state index in [2.05, 4.69) is 60.4 Å². The number of carbonyl (C=O) groups is 2. The van der Waals surface area contributed by atoms with Crippen LogP contribution in [0.25, 0.3) is 10.9 Å². The molecule has 0 unspecified atom stereocenters. The van der Waals surface area contributed by atoms with E-state index in [-0.39, 0.29) is 24.3 Å². The number of aromatic amines is 1. The lowest BCUT2D eigenvalue weighted by Crippen LogP contribution is -2.67. The number of hydrogen-bond acceptors (Lipinski definition) is 2. The van der Waals surface area contributed by atoms with Crippen molar-refractivity contribution in [3.63, 3.8) is 0 Å². The van der Waals surface area contributed by atoms with E-state index in [9.17, 15) is 9.59 Å². The van der Waals surface area contributed by atoms with E-state index < -0.39 is 5.54 Å². The van der Waals surface area contributed by atoms with Crippen LogP contribution in [-0.4, -0.2) is 46.2 Å². The predicted molar refractivity (Wildman–Crippen MR) is 137 cm³/mol. The zero-order valence-corrected chi connectivity index (χ0v) is 20.1. The Labute approximate surface area is 205 Å². The van der Waals surface area contributed by atoms with Crippen LogP contribution in [0.3, 0.4) is 0 Å². The number of hydrogen-bond donors (Lipinski definition) is 1. The van der Waals surface area contributed by atoms with Crippen molar-refractivity contribution in [3.05, 3.63) is 107 Å². The molecule has 176 valence electrons. The van der Waals surface area contributed by atoms with Gasteiger partial charge in [-0.1, -0.05) is 78.4 Å². The van der Waals surface area contributed by atoms with Gasteiger partial charge >= 0.3 is 0 Å². The van der Waals surface area contributed by atoms with Crippen molar-refractivity contribution in [2.24, 2.45) is 0 Å². The normalized spacial score (nSPS) is 21.8. The molecular formula is C30H29N3O2. The van der Waals surface area contributed by atoms with Gasteiger partial charge in [0, 0.05) is 29.9 Å². The zero-order valence-electron chi connectivity index (χ0n) is 20.1. The molecule has 0 radical (unpaired) electrons. The first-order valence-corrected chi connectivity index (χ1v) is 12.3. The predicted octanol–water partition coefficient (Wildman–Crippen LogP) is 4.75. The minimum atomic E-state index is -1.05. The fourth-order valence-electron chi connectivity index (χ4n) is 5.86. The number of carbonyl (C=O) groups excluding carboxylic acids is 2. The van der Waals surface area contributed by atoms with Crippen LogP contribution >= 0.6 is 0 Å². The molecular weight excluding hydrogens is 434 g/mol. The van der Waals surface area contributed by atoms with Crippen molar-refractivity contribution in [1.82, 2.24) is 14.8 Å². The Bertz CT molecular complexity index is 1420. The lowest BCUT2D eigenvalue weighted by molar-refractivity contribution is -0.166. The number of amides is 2. The van der Waals surface area contributed by atoms with E-state index in [1.54, 1.807) is 4.90 Å². The standard InChI is InChI=1S/C30H29N3O2/c1-20-12-14-22(15-13-20)24-18-33-26(34)19-32(17-16-21-8-4-3-5-9-21)29(35)30(33,2)28-27(24)23-10-6-7-11-25(23)31-28/h3-15,24,31H,16-19H2,1-2H3/t24-,30-/m0/s1. The molecule has 0 bridgehead atoms. The molecule has 2 aliphatic rings. The summed E-state index contributed by atoms with van der Waals surface area (Å²) in [6.45, 7) is 5.13. The van der Waals surface area contributed by atoms with Gasteiger partial charge in [0.25, 0.3) is 5.91 Å². The molecule has 6 rings (SSSR count). The third kappa shape index (κ3) is 3.37. The summed E-state index contributed by atoms with van der Waals surface area (Å²) in [4.78, 5) is 34.8. The minimum absolute atomic E-state index is 0.00146. The highest BCUT2D eigenvalue weighted by Gasteiger charge is 2.56. The van der Waals surface area contributed by atoms with Gasteiger partial charge in [-0.3, -0.25) is 9.59 Å². The fraction of sp³-hybridized carbons (Fsp3) is 0.267. The molecule has 0 aliphatic carbocycles. The van der Waals surface area contributed by atoms with Crippen LogP contribution in [0.5, 0.6) is 0 Å². The fourth-order valence-corrected chi connectivity index (χ4v) is 5.86. The maximum Gasteiger partial charge on any atom is 0.254 e. The Morgan fingerprint density at radius 1 is 0.943 bits per heavy atom. The van der Waals surface area contributed by atoms with Crippen LogP contribution in [0.1, 0.15) is 40.8 Å². The van der Waals surface area contributed by atoms with Crippen LogP contribution in [0.15, 0.2) is 78.9 Å². The number of para-hydroxylation sites is 1. The minimum Gasteiger partial charge on any atom is -0.356 e. The maximum atomic E-state index is 14.1. The van der Waals surface area contributed by atoms with Crippen molar-refractivity contribution in [2.45, 2.75) is 31.7 Å². The summed E-state index contributed by atoms with van der Waals surface area (Å²) in [5.41, 5.74) is 5.45. The molecule has 0 saturated carbocycles. The van der Waals surface area contributed by atoms with Gasteiger partial charge in [-0.2, -0.15) is 0 Å². The maximum absolute atomic E-state index is 14.1. The number of fused-ring (bicyclic) bond motifs is 5. The molecule has 2 atom stereocenters. The molecule has 1 N–H and O–H groups in total. The van der Waals surface area contributed by atoms with Crippen molar-refractivity contribution < 1.29 is 9.59 Å². The van der Waals surface area contributed by atoms with Crippen LogP contribution in [0, 0.1) is 6.92 Å². The summed E-state index contributed by atoms with van der Waals surface area (Å²) in [5, 5.41) is 1.12. The van der Waals surface area contributed by atoms with Crippen molar-refractivity contribution in [1.29, 1.82) is 0 Å². The number of benzene rings is 3. The van der Waals surface area contributed by atoms with Crippen molar-refractivity contribution in [3.8, 4) is 0 Å². The number of aromatic nitrogens is 1. The second kappa shape index (κ2) is 8.12. The van der Waals surface area contributed by atoms with E-state index in [4.69, 9.17) is 0 Å². The van der Waals surface area contributed by atoms with E-state index in [1.807, 2.05) is 42.2 Å². The third-order valence-electron chi connectivity index (χ3n) is 7.81. The van der Waals surface area contributed by atoms with E-state index >= 15 is 0 Å². The van der Waals surface area contributed by atoms with Crippen LogP contribution in [0.4, 0.5) is 0 Å². The Hall–Kier alpha value is -3.86. The second-order valence-corrected chi connectivity index (χ2v) is 9.96. The molecule has 0 spiro atoms.